The van der Waals surface area contributed by atoms with Crippen LogP contribution in [0.3, 0.4) is 0 Å². The topological polar surface area (TPSA) is 89.1 Å². The number of nitrogens with zero attached hydrogens (tertiary/aromatic N) is 5. The van der Waals surface area contributed by atoms with Crippen LogP contribution in [-0.4, -0.2) is 49.6 Å². The predicted molar refractivity (Wildman–Crippen MR) is 89.7 cm³/mol. The first kappa shape index (κ1) is 17.3. The number of aromatic nitrogens is 5. The van der Waals surface area contributed by atoms with Crippen LogP contribution in [0.5, 0.6) is 0 Å². The fraction of sp³-hybridized carbons (Fsp3) is 0.375. The van der Waals surface area contributed by atoms with E-state index >= 15 is 0 Å². The summed E-state index contributed by atoms with van der Waals surface area (Å²) in [6.45, 7) is -0.527. The Morgan fingerprint density at radius 1 is 1.22 bits per heavy atom. The number of imidazole rings is 1. The fourth-order valence-corrected chi connectivity index (χ4v) is 2.49. The Balaban J connectivity index is 1.48. The minimum atomic E-state index is -4.47. The Morgan fingerprint density at radius 3 is 2.78 bits per heavy atom. The fourth-order valence-electron chi connectivity index (χ4n) is 2.49. The Kier molecular flexibility index (Phi) is 4.21. The molecule has 0 radical (unpaired) electrons. The molecule has 3 aromatic rings. The molecule has 0 aliphatic heterocycles. The van der Waals surface area contributed by atoms with Crippen LogP contribution in [0, 0.1) is 5.92 Å². The lowest BCUT2D eigenvalue weighted by Crippen LogP contribution is -2.34. The van der Waals surface area contributed by atoms with Crippen LogP contribution in [0.25, 0.3) is 11.5 Å². The molecular weight excluding hydrogens is 363 g/mol. The highest BCUT2D eigenvalue weighted by molar-refractivity contribution is 5.92. The summed E-state index contributed by atoms with van der Waals surface area (Å²) >= 11 is 0. The molecule has 0 atom stereocenters. The minimum Gasteiger partial charge on any atom is -0.368 e. The summed E-state index contributed by atoms with van der Waals surface area (Å²) in [7, 11) is 0. The average molecular weight is 379 g/mol. The predicted octanol–water partition coefficient (Wildman–Crippen LogP) is 2.03. The highest BCUT2D eigenvalue weighted by atomic mass is 19.4. The summed E-state index contributed by atoms with van der Waals surface area (Å²) in [4.78, 5) is 16.2. The number of alkyl halides is 3. The second-order valence-corrected chi connectivity index (χ2v) is 6.39. The first-order chi connectivity index (χ1) is 12.9. The largest absolute Gasteiger partial charge is 0.405 e. The summed E-state index contributed by atoms with van der Waals surface area (Å²) in [5, 5.41) is 13.4. The second-order valence-electron chi connectivity index (χ2n) is 6.39. The number of nitrogens with one attached hydrogen (secondary N) is 2. The van der Waals surface area contributed by atoms with Gasteiger partial charge in [-0.05, 0) is 37.0 Å². The zero-order valence-corrected chi connectivity index (χ0v) is 14.1. The second kappa shape index (κ2) is 6.56. The van der Waals surface area contributed by atoms with E-state index in [1.165, 1.54) is 29.8 Å². The number of anilines is 1. The zero-order valence-electron chi connectivity index (χ0n) is 14.1. The summed E-state index contributed by atoms with van der Waals surface area (Å²) in [5.74, 6) is 0.938. The Labute approximate surface area is 151 Å². The molecule has 3 heterocycles. The molecule has 3 aromatic heterocycles. The van der Waals surface area contributed by atoms with Crippen LogP contribution in [-0.2, 0) is 0 Å². The normalized spacial score (nSPS) is 14.5. The lowest BCUT2D eigenvalue weighted by molar-refractivity contribution is -0.123. The molecule has 11 heteroatoms. The van der Waals surface area contributed by atoms with Crippen molar-refractivity contribution in [2.24, 2.45) is 5.92 Å². The first-order valence-electron chi connectivity index (χ1n) is 8.39. The van der Waals surface area contributed by atoms with Gasteiger partial charge in [-0.15, -0.1) is 5.10 Å². The first-order valence-corrected chi connectivity index (χ1v) is 8.39. The average Bonchev–Trinajstić information content (AvgIpc) is 3.16. The van der Waals surface area contributed by atoms with Gasteiger partial charge in [0.15, 0.2) is 17.2 Å². The van der Waals surface area contributed by atoms with Crippen molar-refractivity contribution in [1.29, 1.82) is 0 Å². The smallest absolute Gasteiger partial charge is 0.368 e. The minimum absolute atomic E-state index is 0.126. The van der Waals surface area contributed by atoms with E-state index in [1.807, 2.05) is 0 Å². The molecule has 1 saturated carbocycles. The number of hydrogen-bond donors (Lipinski definition) is 2. The van der Waals surface area contributed by atoms with Crippen molar-refractivity contribution in [2.45, 2.75) is 19.0 Å². The zero-order chi connectivity index (χ0) is 19.0. The monoisotopic (exact) mass is 379 g/mol. The van der Waals surface area contributed by atoms with Gasteiger partial charge in [-0.2, -0.15) is 18.3 Å². The summed E-state index contributed by atoms with van der Waals surface area (Å²) in [5.41, 5.74) is 0.519. The van der Waals surface area contributed by atoms with E-state index in [9.17, 15) is 18.0 Å². The summed E-state index contributed by atoms with van der Waals surface area (Å²) < 4.78 is 39.5. The SMILES string of the molecule is O=C(NCC(F)(F)F)c1ccn(-c2ccc3nc(NCC4CC4)cn3n2)n1. The molecule has 0 spiro atoms. The maximum atomic E-state index is 12.2. The number of amides is 1. The van der Waals surface area contributed by atoms with Gasteiger partial charge in [0.1, 0.15) is 12.4 Å². The molecule has 4 rings (SSSR count). The van der Waals surface area contributed by atoms with Crippen molar-refractivity contribution in [3.63, 3.8) is 0 Å². The maximum Gasteiger partial charge on any atom is 0.405 e. The van der Waals surface area contributed by atoms with Crippen molar-refractivity contribution in [2.75, 3.05) is 18.4 Å². The van der Waals surface area contributed by atoms with Gasteiger partial charge in [-0.25, -0.2) is 14.2 Å². The summed E-state index contributed by atoms with van der Waals surface area (Å²) in [6.07, 6.45) is 1.21. The third-order valence-electron chi connectivity index (χ3n) is 4.08. The number of carbonyl (C=O) groups is 1. The lowest BCUT2D eigenvalue weighted by atomic mass is 10.4. The Hall–Kier alpha value is -3.11. The van der Waals surface area contributed by atoms with Gasteiger partial charge in [0.2, 0.25) is 0 Å². The van der Waals surface area contributed by atoms with Crippen molar-refractivity contribution in [3.05, 3.63) is 36.3 Å². The van der Waals surface area contributed by atoms with Gasteiger partial charge < -0.3 is 10.6 Å². The molecule has 27 heavy (non-hydrogen) atoms. The van der Waals surface area contributed by atoms with Gasteiger partial charge in [0.25, 0.3) is 5.91 Å². The van der Waals surface area contributed by atoms with E-state index in [0.29, 0.717) is 17.4 Å². The van der Waals surface area contributed by atoms with Crippen LogP contribution < -0.4 is 10.6 Å². The number of fused-ring (bicyclic) bond motifs is 1. The van der Waals surface area contributed by atoms with Crippen LogP contribution in [0.1, 0.15) is 23.3 Å². The molecule has 1 amide bonds. The number of hydrogen-bond acceptors (Lipinski definition) is 5. The van der Waals surface area contributed by atoms with Crippen molar-refractivity contribution >= 4 is 17.4 Å². The van der Waals surface area contributed by atoms with Crippen LogP contribution in [0.2, 0.25) is 0 Å². The molecule has 1 fully saturated rings. The molecule has 0 unspecified atom stereocenters. The molecule has 0 aromatic carbocycles. The Bertz CT molecular complexity index is 974. The van der Waals surface area contributed by atoms with Gasteiger partial charge in [0, 0.05) is 12.7 Å². The molecule has 1 aliphatic carbocycles. The third-order valence-corrected chi connectivity index (χ3v) is 4.08. The molecule has 1 aliphatic rings. The van der Waals surface area contributed by atoms with Crippen molar-refractivity contribution in [3.8, 4) is 5.82 Å². The van der Waals surface area contributed by atoms with Gasteiger partial charge >= 0.3 is 6.18 Å². The summed E-state index contributed by atoms with van der Waals surface area (Å²) in [6, 6.07) is 4.74. The molecule has 0 saturated heterocycles. The molecule has 0 bridgehead atoms. The number of rotatable bonds is 6. The third kappa shape index (κ3) is 4.18. The Morgan fingerprint density at radius 2 is 2.04 bits per heavy atom. The van der Waals surface area contributed by atoms with Gasteiger partial charge in [-0.1, -0.05) is 0 Å². The van der Waals surface area contributed by atoms with E-state index in [0.717, 1.165) is 12.4 Å². The number of halogens is 3. The van der Waals surface area contributed by atoms with Crippen LogP contribution in [0.4, 0.5) is 19.0 Å². The standard InChI is InChI=1S/C16H16F3N7O/c17-16(18,19)9-21-15(27)11-5-6-25(23-11)14-4-3-13-22-12(8-26(13)24-14)20-7-10-1-2-10/h3-6,8,10,20H,1-2,7,9H2,(H,21,27). The quantitative estimate of drug-likeness (QED) is 0.684. The van der Waals surface area contributed by atoms with Crippen LogP contribution in [0.15, 0.2) is 30.6 Å². The van der Waals surface area contributed by atoms with E-state index in [2.05, 4.69) is 20.5 Å². The molecule has 2 N–H and O–H groups in total. The van der Waals surface area contributed by atoms with Crippen molar-refractivity contribution in [1.82, 2.24) is 29.7 Å². The van der Waals surface area contributed by atoms with Gasteiger partial charge in [0.05, 0.1) is 6.20 Å². The van der Waals surface area contributed by atoms with E-state index < -0.39 is 18.6 Å². The van der Waals surface area contributed by atoms with Crippen molar-refractivity contribution < 1.29 is 18.0 Å². The van der Waals surface area contributed by atoms with Gasteiger partial charge in [-0.3, -0.25) is 4.79 Å². The molecule has 8 nitrogen and oxygen atoms in total. The molecular formula is C16H16F3N7O. The molecule has 142 valence electrons. The number of carbonyl (C=O) groups excluding carboxylic acids is 1. The highest BCUT2D eigenvalue weighted by Gasteiger charge is 2.28. The lowest BCUT2D eigenvalue weighted by Gasteiger charge is -2.06. The highest BCUT2D eigenvalue weighted by Crippen LogP contribution is 2.28. The van der Waals surface area contributed by atoms with E-state index in [4.69, 9.17) is 0 Å². The maximum absolute atomic E-state index is 12.2. The van der Waals surface area contributed by atoms with E-state index in [-0.39, 0.29) is 5.69 Å². The van der Waals surface area contributed by atoms with E-state index in [1.54, 1.807) is 28.2 Å². The van der Waals surface area contributed by atoms with Crippen LogP contribution >= 0.6 is 0 Å².